The normalized spacial score (nSPS) is 13.0. The highest BCUT2D eigenvalue weighted by molar-refractivity contribution is 6.31. The fourth-order valence-electron chi connectivity index (χ4n) is 2.66. The van der Waals surface area contributed by atoms with Gasteiger partial charge in [-0.05, 0) is 42.8 Å². The van der Waals surface area contributed by atoms with Crippen molar-refractivity contribution in [3.8, 4) is 5.75 Å². The number of fused-ring (bicyclic) bond motifs is 1. The summed E-state index contributed by atoms with van der Waals surface area (Å²) >= 11 is 6.04. The molecule has 2 aromatic carbocycles. The number of aromatic carboxylic acids is 1. The Morgan fingerprint density at radius 3 is 2.84 bits per heavy atom. The van der Waals surface area contributed by atoms with E-state index in [0.717, 1.165) is 11.3 Å². The Morgan fingerprint density at radius 2 is 2.08 bits per heavy atom. The van der Waals surface area contributed by atoms with E-state index in [9.17, 15) is 9.59 Å². The van der Waals surface area contributed by atoms with Crippen molar-refractivity contribution in [2.45, 2.75) is 6.92 Å². The first-order valence-electron chi connectivity index (χ1n) is 7.75. The Morgan fingerprint density at radius 1 is 1.28 bits per heavy atom. The number of anilines is 2. The maximum absolute atomic E-state index is 12.4. The van der Waals surface area contributed by atoms with Gasteiger partial charge in [-0.15, -0.1) is 0 Å². The van der Waals surface area contributed by atoms with Gasteiger partial charge in [0.2, 0.25) is 5.91 Å². The number of benzene rings is 2. The number of aryl methyl sites for hydroxylation is 1. The highest BCUT2D eigenvalue weighted by Crippen LogP contribution is 2.33. The maximum Gasteiger partial charge on any atom is 0.335 e. The van der Waals surface area contributed by atoms with E-state index in [1.165, 1.54) is 12.1 Å². The second-order valence-electron chi connectivity index (χ2n) is 5.77. The molecule has 0 radical (unpaired) electrons. The van der Waals surface area contributed by atoms with Gasteiger partial charge in [-0.2, -0.15) is 0 Å². The molecule has 2 aromatic rings. The molecule has 0 aromatic heterocycles. The van der Waals surface area contributed by atoms with Crippen LogP contribution in [0.2, 0.25) is 5.02 Å². The zero-order valence-corrected chi connectivity index (χ0v) is 14.3. The van der Waals surface area contributed by atoms with Crippen LogP contribution in [0.5, 0.6) is 5.75 Å². The molecule has 0 aliphatic carbocycles. The zero-order valence-electron chi connectivity index (χ0n) is 13.6. The Hall–Kier alpha value is -2.73. The molecule has 0 spiro atoms. The van der Waals surface area contributed by atoms with E-state index >= 15 is 0 Å². The van der Waals surface area contributed by atoms with Crippen molar-refractivity contribution in [1.82, 2.24) is 0 Å². The van der Waals surface area contributed by atoms with Crippen LogP contribution < -0.4 is 15.0 Å². The van der Waals surface area contributed by atoms with Crippen molar-refractivity contribution >= 4 is 34.9 Å². The smallest absolute Gasteiger partial charge is 0.335 e. The molecule has 0 saturated carbocycles. The summed E-state index contributed by atoms with van der Waals surface area (Å²) in [6.07, 6.45) is 0. The van der Waals surface area contributed by atoms with Crippen molar-refractivity contribution in [1.29, 1.82) is 0 Å². The van der Waals surface area contributed by atoms with Gasteiger partial charge in [0, 0.05) is 10.7 Å². The van der Waals surface area contributed by atoms with Gasteiger partial charge in [-0.25, -0.2) is 4.79 Å². The number of hydrogen-bond donors (Lipinski definition) is 2. The summed E-state index contributed by atoms with van der Waals surface area (Å²) in [5, 5.41) is 12.4. The number of amides is 1. The van der Waals surface area contributed by atoms with E-state index in [-0.39, 0.29) is 18.0 Å². The molecule has 1 heterocycles. The molecule has 1 aliphatic heterocycles. The monoisotopic (exact) mass is 360 g/mol. The van der Waals surface area contributed by atoms with Gasteiger partial charge in [0.05, 0.1) is 24.3 Å². The standard InChI is InChI=1S/C18H17ClN2O4/c1-11-2-3-12(18(23)24)8-14(11)20-17(22)10-21-6-7-25-16-5-4-13(19)9-15(16)21/h2-5,8-9H,6-7,10H2,1H3,(H,20,22)(H,23,24). The lowest BCUT2D eigenvalue weighted by Crippen LogP contribution is -2.38. The number of nitrogens with one attached hydrogen (secondary N) is 1. The summed E-state index contributed by atoms with van der Waals surface area (Å²) in [6, 6.07) is 9.92. The van der Waals surface area contributed by atoms with E-state index in [4.69, 9.17) is 21.4 Å². The lowest BCUT2D eigenvalue weighted by molar-refractivity contribution is -0.115. The first-order valence-corrected chi connectivity index (χ1v) is 8.13. The highest BCUT2D eigenvalue weighted by Gasteiger charge is 2.21. The number of halogens is 1. The molecule has 0 unspecified atom stereocenters. The first-order chi connectivity index (χ1) is 11.9. The van der Waals surface area contributed by atoms with Gasteiger partial charge >= 0.3 is 5.97 Å². The Labute approximate surface area is 150 Å². The topological polar surface area (TPSA) is 78.9 Å². The molecule has 3 rings (SSSR count). The molecule has 1 aliphatic rings. The minimum atomic E-state index is -1.03. The van der Waals surface area contributed by atoms with Gasteiger partial charge in [-0.1, -0.05) is 17.7 Å². The van der Waals surface area contributed by atoms with Gasteiger partial charge in [0.1, 0.15) is 12.4 Å². The third-order valence-electron chi connectivity index (χ3n) is 3.97. The highest BCUT2D eigenvalue weighted by atomic mass is 35.5. The summed E-state index contributed by atoms with van der Waals surface area (Å²) in [6.45, 7) is 2.98. The van der Waals surface area contributed by atoms with Crippen LogP contribution in [-0.2, 0) is 4.79 Å². The molecule has 0 bridgehead atoms. The summed E-state index contributed by atoms with van der Waals surface area (Å²) in [4.78, 5) is 25.4. The summed E-state index contributed by atoms with van der Waals surface area (Å²) in [5.41, 5.74) is 2.18. The Bertz CT molecular complexity index is 838. The fraction of sp³-hybridized carbons (Fsp3) is 0.222. The lowest BCUT2D eigenvalue weighted by Gasteiger charge is -2.30. The van der Waals surface area contributed by atoms with Gasteiger partial charge < -0.3 is 20.1 Å². The number of rotatable bonds is 4. The zero-order chi connectivity index (χ0) is 18.0. The number of carboxylic acid groups (broad SMARTS) is 1. The lowest BCUT2D eigenvalue weighted by atomic mass is 10.1. The molecule has 7 heteroatoms. The van der Waals surface area contributed by atoms with E-state index in [0.29, 0.717) is 29.6 Å². The number of nitrogens with zero attached hydrogens (tertiary/aromatic N) is 1. The van der Waals surface area contributed by atoms with Crippen molar-refractivity contribution in [3.63, 3.8) is 0 Å². The van der Waals surface area contributed by atoms with Crippen molar-refractivity contribution < 1.29 is 19.4 Å². The van der Waals surface area contributed by atoms with Crippen LogP contribution in [0.15, 0.2) is 36.4 Å². The van der Waals surface area contributed by atoms with Gasteiger partial charge in [0.25, 0.3) is 0 Å². The van der Waals surface area contributed by atoms with Crippen LogP contribution in [-0.4, -0.2) is 36.7 Å². The van der Waals surface area contributed by atoms with Gasteiger partial charge in [0.15, 0.2) is 0 Å². The molecule has 1 amide bonds. The van der Waals surface area contributed by atoms with Crippen molar-refractivity contribution in [2.24, 2.45) is 0 Å². The molecule has 0 fully saturated rings. The fourth-order valence-corrected chi connectivity index (χ4v) is 2.83. The third kappa shape index (κ3) is 3.85. The van der Waals surface area contributed by atoms with Crippen LogP contribution in [0.1, 0.15) is 15.9 Å². The van der Waals surface area contributed by atoms with Crippen LogP contribution in [0.4, 0.5) is 11.4 Å². The molecule has 0 atom stereocenters. The number of carbonyl (C=O) groups is 2. The van der Waals surface area contributed by atoms with Crippen LogP contribution in [0.3, 0.4) is 0 Å². The second-order valence-corrected chi connectivity index (χ2v) is 6.20. The van der Waals surface area contributed by atoms with Crippen molar-refractivity contribution in [2.75, 3.05) is 29.9 Å². The van der Waals surface area contributed by atoms with Crippen molar-refractivity contribution in [3.05, 3.63) is 52.5 Å². The number of carbonyl (C=O) groups excluding carboxylic acids is 1. The maximum atomic E-state index is 12.4. The average Bonchev–Trinajstić information content (AvgIpc) is 2.57. The molecular weight excluding hydrogens is 344 g/mol. The predicted molar refractivity (Wildman–Crippen MR) is 95.9 cm³/mol. The second kappa shape index (κ2) is 7.03. The van der Waals surface area contributed by atoms with E-state index in [1.807, 2.05) is 11.8 Å². The van der Waals surface area contributed by atoms with Gasteiger partial charge in [-0.3, -0.25) is 4.79 Å². The average molecular weight is 361 g/mol. The quantitative estimate of drug-likeness (QED) is 0.875. The molecule has 2 N–H and O–H groups in total. The van der Waals surface area contributed by atoms with E-state index < -0.39 is 5.97 Å². The largest absolute Gasteiger partial charge is 0.490 e. The van der Waals surface area contributed by atoms with E-state index in [2.05, 4.69) is 5.32 Å². The number of ether oxygens (including phenoxy) is 1. The predicted octanol–water partition coefficient (Wildman–Crippen LogP) is 3.18. The van der Waals surface area contributed by atoms with Crippen LogP contribution >= 0.6 is 11.6 Å². The van der Waals surface area contributed by atoms with Crippen LogP contribution in [0, 0.1) is 6.92 Å². The minimum Gasteiger partial charge on any atom is -0.490 e. The Kier molecular flexibility index (Phi) is 4.81. The first kappa shape index (κ1) is 17.1. The number of carboxylic acids is 1. The Balaban J connectivity index is 1.75. The molecule has 0 saturated heterocycles. The summed E-state index contributed by atoms with van der Waals surface area (Å²) in [7, 11) is 0. The van der Waals surface area contributed by atoms with Crippen LogP contribution in [0.25, 0.3) is 0 Å². The SMILES string of the molecule is Cc1ccc(C(=O)O)cc1NC(=O)CN1CCOc2ccc(Cl)cc21. The summed E-state index contributed by atoms with van der Waals surface area (Å²) < 4.78 is 5.57. The molecular formula is C18H17ClN2O4. The third-order valence-corrected chi connectivity index (χ3v) is 4.21. The van der Waals surface area contributed by atoms with E-state index in [1.54, 1.807) is 24.3 Å². The minimum absolute atomic E-state index is 0.118. The summed E-state index contributed by atoms with van der Waals surface area (Å²) in [5.74, 6) is -0.585. The molecule has 130 valence electrons. The molecule has 25 heavy (non-hydrogen) atoms. The molecule has 6 nitrogen and oxygen atoms in total. The number of hydrogen-bond acceptors (Lipinski definition) is 4.